The molecule has 0 aliphatic carbocycles. The maximum Gasteiger partial charge on any atom is 0.251 e. The van der Waals surface area contributed by atoms with Gasteiger partial charge in [-0.2, -0.15) is 0 Å². The molecule has 5 nitrogen and oxygen atoms in total. The molecule has 0 heterocycles. The molecule has 0 spiro atoms. The summed E-state index contributed by atoms with van der Waals surface area (Å²) in [6.07, 6.45) is 1.47. The van der Waals surface area contributed by atoms with Gasteiger partial charge < -0.3 is 16.0 Å². The Balaban J connectivity index is 1.69. The lowest BCUT2D eigenvalue weighted by Gasteiger charge is -2.11. The largest absolute Gasteiger partial charge is 0.357 e. The van der Waals surface area contributed by atoms with Crippen LogP contribution >= 0.6 is 0 Å². The van der Waals surface area contributed by atoms with Gasteiger partial charge in [-0.15, -0.1) is 0 Å². The number of halogens is 1. The van der Waals surface area contributed by atoms with E-state index in [2.05, 4.69) is 20.9 Å². The van der Waals surface area contributed by atoms with Crippen LogP contribution in [-0.2, 0) is 6.42 Å². The van der Waals surface area contributed by atoms with Crippen LogP contribution in [0.5, 0.6) is 0 Å². The Morgan fingerprint density at radius 1 is 1.00 bits per heavy atom. The van der Waals surface area contributed by atoms with Crippen LogP contribution in [0.25, 0.3) is 0 Å². The van der Waals surface area contributed by atoms with Crippen molar-refractivity contribution in [3.05, 3.63) is 71.5 Å². The molecule has 0 atom stereocenters. The molecule has 2 rings (SSSR count). The predicted molar refractivity (Wildman–Crippen MR) is 107 cm³/mol. The summed E-state index contributed by atoms with van der Waals surface area (Å²) in [6.45, 7) is 4.60. The van der Waals surface area contributed by atoms with E-state index in [4.69, 9.17) is 0 Å². The van der Waals surface area contributed by atoms with Crippen molar-refractivity contribution in [3.63, 3.8) is 0 Å². The highest BCUT2D eigenvalue weighted by atomic mass is 19.1. The zero-order chi connectivity index (χ0) is 19.3. The molecule has 0 fully saturated rings. The Morgan fingerprint density at radius 2 is 1.81 bits per heavy atom. The first-order valence-electron chi connectivity index (χ1n) is 9.29. The minimum Gasteiger partial charge on any atom is -0.357 e. The van der Waals surface area contributed by atoms with Crippen molar-refractivity contribution >= 4 is 11.9 Å². The van der Waals surface area contributed by atoms with Gasteiger partial charge in [-0.05, 0) is 49.6 Å². The fraction of sp³-hybridized carbons (Fsp3) is 0.333. The Kier molecular flexibility index (Phi) is 8.83. The van der Waals surface area contributed by atoms with E-state index in [0.29, 0.717) is 25.2 Å². The minimum absolute atomic E-state index is 0.0697. The number of carbonyl (C=O) groups is 1. The molecule has 0 saturated heterocycles. The highest BCUT2D eigenvalue weighted by molar-refractivity contribution is 5.94. The molecular weight excluding hydrogens is 343 g/mol. The third kappa shape index (κ3) is 7.90. The van der Waals surface area contributed by atoms with Crippen molar-refractivity contribution in [1.29, 1.82) is 0 Å². The lowest BCUT2D eigenvalue weighted by molar-refractivity contribution is 0.0953. The maximum absolute atomic E-state index is 13.2. The molecule has 0 radical (unpaired) electrons. The van der Waals surface area contributed by atoms with E-state index < -0.39 is 0 Å². The fourth-order valence-electron chi connectivity index (χ4n) is 2.52. The Hall–Kier alpha value is -2.89. The standard InChI is InChI=1S/C21H27FN4O/c1-2-23-21(26-15-12-17-8-6-11-19(22)16-17)25-14-7-13-24-20(27)18-9-4-3-5-10-18/h3-6,8-11,16H,2,7,12-15H2,1H3,(H,24,27)(H2,23,25,26). The molecule has 6 heteroatoms. The van der Waals surface area contributed by atoms with Gasteiger partial charge >= 0.3 is 0 Å². The van der Waals surface area contributed by atoms with Crippen LogP contribution in [-0.4, -0.2) is 38.0 Å². The zero-order valence-electron chi connectivity index (χ0n) is 15.7. The van der Waals surface area contributed by atoms with E-state index in [1.165, 1.54) is 6.07 Å². The topological polar surface area (TPSA) is 65.5 Å². The Labute approximate surface area is 160 Å². The summed E-state index contributed by atoms with van der Waals surface area (Å²) in [6, 6.07) is 15.8. The number of aliphatic imine (C=N–C) groups is 1. The minimum atomic E-state index is -0.217. The lowest BCUT2D eigenvalue weighted by Crippen LogP contribution is -2.38. The summed E-state index contributed by atoms with van der Waals surface area (Å²) in [4.78, 5) is 16.4. The van der Waals surface area contributed by atoms with Gasteiger partial charge in [-0.1, -0.05) is 30.3 Å². The molecule has 2 aromatic carbocycles. The van der Waals surface area contributed by atoms with E-state index in [0.717, 1.165) is 30.9 Å². The highest BCUT2D eigenvalue weighted by Crippen LogP contribution is 2.03. The number of nitrogens with one attached hydrogen (secondary N) is 3. The van der Waals surface area contributed by atoms with Crippen molar-refractivity contribution in [1.82, 2.24) is 16.0 Å². The Morgan fingerprint density at radius 3 is 2.56 bits per heavy atom. The molecule has 0 aliphatic heterocycles. The first-order chi connectivity index (χ1) is 13.2. The number of nitrogens with zero attached hydrogens (tertiary/aromatic N) is 1. The summed E-state index contributed by atoms with van der Waals surface area (Å²) in [5.41, 5.74) is 1.61. The van der Waals surface area contributed by atoms with Crippen LogP contribution in [0, 0.1) is 5.82 Å². The summed E-state index contributed by atoms with van der Waals surface area (Å²) >= 11 is 0. The van der Waals surface area contributed by atoms with Crippen LogP contribution in [0.1, 0.15) is 29.3 Å². The van der Waals surface area contributed by atoms with Crippen molar-refractivity contribution in [3.8, 4) is 0 Å². The third-order valence-electron chi connectivity index (χ3n) is 3.87. The number of hydrogen-bond acceptors (Lipinski definition) is 2. The smallest absolute Gasteiger partial charge is 0.251 e. The number of benzene rings is 2. The van der Waals surface area contributed by atoms with Crippen LogP contribution in [0.2, 0.25) is 0 Å². The molecule has 3 N–H and O–H groups in total. The van der Waals surface area contributed by atoms with Gasteiger partial charge in [0.25, 0.3) is 5.91 Å². The van der Waals surface area contributed by atoms with Crippen LogP contribution in [0.4, 0.5) is 4.39 Å². The summed E-state index contributed by atoms with van der Waals surface area (Å²) in [7, 11) is 0. The molecule has 0 aliphatic rings. The predicted octanol–water partition coefficient (Wildman–Crippen LogP) is 2.74. The number of guanidine groups is 1. The van der Waals surface area contributed by atoms with Crippen molar-refractivity contribution < 1.29 is 9.18 Å². The second-order valence-electron chi connectivity index (χ2n) is 6.04. The van der Waals surface area contributed by atoms with E-state index in [9.17, 15) is 9.18 Å². The maximum atomic E-state index is 13.2. The monoisotopic (exact) mass is 370 g/mol. The van der Waals surface area contributed by atoms with Crippen LogP contribution < -0.4 is 16.0 Å². The summed E-state index contributed by atoms with van der Waals surface area (Å²) in [5, 5.41) is 9.32. The average molecular weight is 370 g/mol. The van der Waals surface area contributed by atoms with Crippen LogP contribution in [0.15, 0.2) is 59.6 Å². The number of rotatable bonds is 9. The van der Waals surface area contributed by atoms with E-state index in [-0.39, 0.29) is 11.7 Å². The highest BCUT2D eigenvalue weighted by Gasteiger charge is 2.03. The second kappa shape index (κ2) is 11.7. The molecule has 27 heavy (non-hydrogen) atoms. The molecule has 0 unspecified atom stereocenters. The number of amides is 1. The van der Waals surface area contributed by atoms with Crippen molar-refractivity contribution in [2.75, 3.05) is 26.2 Å². The number of hydrogen-bond donors (Lipinski definition) is 3. The second-order valence-corrected chi connectivity index (χ2v) is 6.04. The van der Waals surface area contributed by atoms with Gasteiger partial charge in [0.2, 0.25) is 0 Å². The molecule has 1 amide bonds. The van der Waals surface area contributed by atoms with Gasteiger partial charge in [-0.3, -0.25) is 9.79 Å². The van der Waals surface area contributed by atoms with Gasteiger partial charge in [0, 0.05) is 31.7 Å². The van der Waals surface area contributed by atoms with Gasteiger partial charge in [0.1, 0.15) is 5.82 Å². The first kappa shape index (κ1) is 20.4. The molecule has 0 bridgehead atoms. The SMILES string of the molecule is CCNC(=NCCCNC(=O)c1ccccc1)NCCc1cccc(F)c1. The van der Waals surface area contributed by atoms with Crippen molar-refractivity contribution in [2.24, 2.45) is 4.99 Å². The molecule has 0 aromatic heterocycles. The normalized spacial score (nSPS) is 11.1. The molecule has 0 saturated carbocycles. The average Bonchev–Trinajstić information content (AvgIpc) is 2.68. The van der Waals surface area contributed by atoms with Crippen LogP contribution in [0.3, 0.4) is 0 Å². The summed E-state index contributed by atoms with van der Waals surface area (Å²) < 4.78 is 13.2. The molecule has 144 valence electrons. The zero-order valence-corrected chi connectivity index (χ0v) is 15.7. The third-order valence-corrected chi connectivity index (χ3v) is 3.87. The Bertz CT molecular complexity index is 734. The lowest BCUT2D eigenvalue weighted by atomic mass is 10.1. The number of carbonyl (C=O) groups excluding carboxylic acids is 1. The van der Waals surface area contributed by atoms with Crippen molar-refractivity contribution in [2.45, 2.75) is 19.8 Å². The fourth-order valence-corrected chi connectivity index (χ4v) is 2.52. The quantitative estimate of drug-likeness (QED) is 0.361. The van der Waals surface area contributed by atoms with Gasteiger partial charge in [-0.25, -0.2) is 4.39 Å². The summed E-state index contributed by atoms with van der Waals surface area (Å²) in [5.74, 6) is 0.439. The molecule has 2 aromatic rings. The van der Waals surface area contributed by atoms with E-state index in [1.807, 2.05) is 31.2 Å². The van der Waals surface area contributed by atoms with E-state index in [1.54, 1.807) is 24.3 Å². The van der Waals surface area contributed by atoms with Gasteiger partial charge in [0.05, 0.1) is 0 Å². The van der Waals surface area contributed by atoms with E-state index >= 15 is 0 Å². The molecular formula is C21H27FN4O. The first-order valence-corrected chi connectivity index (χ1v) is 9.29. The van der Waals surface area contributed by atoms with Gasteiger partial charge in [0.15, 0.2) is 5.96 Å².